The van der Waals surface area contributed by atoms with Crippen molar-refractivity contribution in [1.29, 1.82) is 0 Å². The molecule has 0 nitrogen and oxygen atoms in total. The van der Waals surface area contributed by atoms with Crippen LogP contribution in [0, 0.1) is 5.92 Å². The van der Waals surface area contributed by atoms with Crippen molar-refractivity contribution in [3.63, 3.8) is 0 Å². The van der Waals surface area contributed by atoms with Crippen molar-refractivity contribution in [1.82, 2.24) is 0 Å². The van der Waals surface area contributed by atoms with E-state index in [0.717, 1.165) is 5.92 Å². The molecular formula is C15H22. The van der Waals surface area contributed by atoms with Gasteiger partial charge in [-0.25, -0.2) is 0 Å². The number of hydrogen-bond donors (Lipinski definition) is 0. The first-order chi connectivity index (χ1) is 7.15. The molecule has 0 heteroatoms. The number of allylic oxidation sites excluding steroid dienone is 7. The fourth-order valence-electron chi connectivity index (χ4n) is 2.16. The van der Waals surface area contributed by atoms with E-state index in [4.69, 9.17) is 0 Å². The zero-order valence-electron chi connectivity index (χ0n) is 10.2. The van der Waals surface area contributed by atoms with Gasteiger partial charge in [0.2, 0.25) is 0 Å². The van der Waals surface area contributed by atoms with Crippen LogP contribution < -0.4 is 0 Å². The quantitative estimate of drug-likeness (QED) is 0.576. The third-order valence-corrected chi connectivity index (χ3v) is 3.12. The first-order valence-corrected chi connectivity index (χ1v) is 5.82. The maximum atomic E-state index is 3.70. The topological polar surface area (TPSA) is 0 Å². The number of rotatable bonds is 3. The van der Waals surface area contributed by atoms with Gasteiger partial charge in [-0.15, -0.1) is 0 Å². The van der Waals surface area contributed by atoms with Crippen molar-refractivity contribution in [2.75, 3.05) is 0 Å². The Morgan fingerprint density at radius 2 is 2.20 bits per heavy atom. The summed E-state index contributed by atoms with van der Waals surface area (Å²) >= 11 is 0. The lowest BCUT2D eigenvalue weighted by molar-refractivity contribution is 0.546. The molecule has 0 N–H and O–H groups in total. The Balaban J connectivity index is 2.79. The van der Waals surface area contributed by atoms with Gasteiger partial charge in [0.1, 0.15) is 0 Å². The average Bonchev–Trinajstić information content (AvgIpc) is 2.17. The molecule has 0 spiro atoms. The Bertz CT molecular complexity index is 313. The van der Waals surface area contributed by atoms with Crippen LogP contribution in [-0.2, 0) is 0 Å². The predicted molar refractivity (Wildman–Crippen MR) is 68.8 cm³/mol. The molecule has 0 aromatic rings. The zero-order chi connectivity index (χ0) is 11.3. The minimum atomic E-state index is 0.728. The molecule has 0 aromatic heterocycles. The molecule has 0 radical (unpaired) electrons. The molecule has 0 amide bonds. The standard InChI is InChI=1S/C15H22/c1-5-7-12(2)10-11-15-13(3)8-6-9-14(15)4/h5,7,10-11,13H,1,6,8-9H2,2-4H3/b11-10+,12-7+. The van der Waals surface area contributed by atoms with Crippen LogP contribution in [0.4, 0.5) is 0 Å². The molecule has 0 fully saturated rings. The normalized spacial score (nSPS) is 23.7. The summed E-state index contributed by atoms with van der Waals surface area (Å²) in [7, 11) is 0. The molecule has 1 rings (SSSR count). The fourth-order valence-corrected chi connectivity index (χ4v) is 2.16. The maximum Gasteiger partial charge on any atom is -0.0191 e. The van der Waals surface area contributed by atoms with Crippen molar-refractivity contribution in [3.05, 3.63) is 47.6 Å². The van der Waals surface area contributed by atoms with E-state index in [-0.39, 0.29) is 0 Å². The summed E-state index contributed by atoms with van der Waals surface area (Å²) < 4.78 is 0. The second-order valence-corrected chi connectivity index (χ2v) is 4.51. The van der Waals surface area contributed by atoms with Gasteiger partial charge < -0.3 is 0 Å². The summed E-state index contributed by atoms with van der Waals surface area (Å²) in [6.07, 6.45) is 12.3. The summed E-state index contributed by atoms with van der Waals surface area (Å²) in [5, 5.41) is 0. The molecule has 1 aliphatic carbocycles. The van der Waals surface area contributed by atoms with Crippen molar-refractivity contribution >= 4 is 0 Å². The van der Waals surface area contributed by atoms with Crippen LogP contribution in [-0.4, -0.2) is 0 Å². The van der Waals surface area contributed by atoms with Crippen LogP contribution in [0.15, 0.2) is 47.6 Å². The van der Waals surface area contributed by atoms with E-state index < -0.39 is 0 Å². The zero-order valence-corrected chi connectivity index (χ0v) is 10.2. The summed E-state index contributed by atoms with van der Waals surface area (Å²) in [6, 6.07) is 0. The lowest BCUT2D eigenvalue weighted by atomic mass is 9.84. The van der Waals surface area contributed by atoms with Crippen molar-refractivity contribution < 1.29 is 0 Å². The van der Waals surface area contributed by atoms with Crippen molar-refractivity contribution in [2.45, 2.75) is 40.0 Å². The minimum Gasteiger partial charge on any atom is -0.0991 e. The van der Waals surface area contributed by atoms with E-state index in [1.165, 1.54) is 30.4 Å². The van der Waals surface area contributed by atoms with Crippen LogP contribution in [0.25, 0.3) is 0 Å². The molecule has 0 saturated carbocycles. The smallest absolute Gasteiger partial charge is 0.0191 e. The van der Waals surface area contributed by atoms with Crippen molar-refractivity contribution in [3.8, 4) is 0 Å². The number of hydrogen-bond acceptors (Lipinski definition) is 0. The van der Waals surface area contributed by atoms with Gasteiger partial charge in [0.15, 0.2) is 0 Å². The highest BCUT2D eigenvalue weighted by atomic mass is 14.2. The fraction of sp³-hybridized carbons (Fsp3) is 0.467. The molecular weight excluding hydrogens is 180 g/mol. The lowest BCUT2D eigenvalue weighted by Crippen LogP contribution is -2.06. The minimum absolute atomic E-state index is 0.728. The van der Waals surface area contributed by atoms with Gasteiger partial charge in [-0.1, -0.05) is 49.0 Å². The Labute approximate surface area is 94.1 Å². The molecule has 1 unspecified atom stereocenters. The molecule has 82 valence electrons. The van der Waals surface area contributed by atoms with Crippen LogP contribution in [0.5, 0.6) is 0 Å². The Morgan fingerprint density at radius 3 is 2.80 bits per heavy atom. The third kappa shape index (κ3) is 3.54. The highest BCUT2D eigenvalue weighted by Gasteiger charge is 2.14. The summed E-state index contributed by atoms with van der Waals surface area (Å²) in [5.41, 5.74) is 4.37. The second-order valence-electron chi connectivity index (χ2n) is 4.51. The Kier molecular flexibility index (Phi) is 4.61. The van der Waals surface area contributed by atoms with E-state index in [2.05, 4.69) is 39.5 Å². The van der Waals surface area contributed by atoms with E-state index in [0.29, 0.717) is 0 Å². The van der Waals surface area contributed by atoms with Crippen LogP contribution in [0.2, 0.25) is 0 Å². The molecule has 1 atom stereocenters. The van der Waals surface area contributed by atoms with Gasteiger partial charge in [-0.05, 0) is 44.6 Å². The van der Waals surface area contributed by atoms with E-state index in [9.17, 15) is 0 Å². The molecule has 0 saturated heterocycles. The molecule has 0 aliphatic heterocycles. The summed E-state index contributed by atoms with van der Waals surface area (Å²) in [4.78, 5) is 0. The van der Waals surface area contributed by atoms with E-state index in [1.54, 1.807) is 5.57 Å². The predicted octanol–water partition coefficient (Wildman–Crippen LogP) is 4.81. The molecule has 15 heavy (non-hydrogen) atoms. The van der Waals surface area contributed by atoms with Crippen LogP contribution in [0.1, 0.15) is 40.0 Å². The first kappa shape index (κ1) is 12.0. The second kappa shape index (κ2) is 5.75. The van der Waals surface area contributed by atoms with Gasteiger partial charge in [0.25, 0.3) is 0 Å². The van der Waals surface area contributed by atoms with Gasteiger partial charge in [-0.2, -0.15) is 0 Å². The first-order valence-electron chi connectivity index (χ1n) is 5.82. The van der Waals surface area contributed by atoms with Gasteiger partial charge >= 0.3 is 0 Å². The maximum absolute atomic E-state index is 3.70. The van der Waals surface area contributed by atoms with Crippen LogP contribution >= 0.6 is 0 Å². The highest BCUT2D eigenvalue weighted by molar-refractivity contribution is 5.33. The van der Waals surface area contributed by atoms with Crippen molar-refractivity contribution in [2.24, 2.45) is 5.92 Å². The van der Waals surface area contributed by atoms with E-state index in [1.807, 2.05) is 12.2 Å². The third-order valence-electron chi connectivity index (χ3n) is 3.12. The molecule has 0 heterocycles. The monoisotopic (exact) mass is 202 g/mol. The van der Waals surface area contributed by atoms with Gasteiger partial charge in [-0.3, -0.25) is 0 Å². The lowest BCUT2D eigenvalue weighted by Gasteiger charge is -2.22. The SMILES string of the molecule is C=C/C=C(C)/C=C/C1=C(C)CCCC1C. The van der Waals surface area contributed by atoms with Gasteiger partial charge in [0.05, 0.1) is 0 Å². The average molecular weight is 202 g/mol. The van der Waals surface area contributed by atoms with Gasteiger partial charge in [0, 0.05) is 0 Å². The van der Waals surface area contributed by atoms with Crippen LogP contribution in [0.3, 0.4) is 0 Å². The largest absolute Gasteiger partial charge is 0.0991 e. The Hall–Kier alpha value is -1.04. The highest BCUT2D eigenvalue weighted by Crippen LogP contribution is 2.30. The van der Waals surface area contributed by atoms with E-state index >= 15 is 0 Å². The molecule has 0 aromatic carbocycles. The summed E-state index contributed by atoms with van der Waals surface area (Å²) in [5.74, 6) is 0.728. The molecule has 1 aliphatic rings. The molecule has 0 bridgehead atoms. The Morgan fingerprint density at radius 1 is 1.47 bits per heavy atom. The summed E-state index contributed by atoms with van der Waals surface area (Å²) in [6.45, 7) is 10.4.